The van der Waals surface area contributed by atoms with Crippen molar-refractivity contribution in [2.45, 2.75) is 13.1 Å². The van der Waals surface area contributed by atoms with Crippen molar-refractivity contribution >= 4 is 31.9 Å². The van der Waals surface area contributed by atoms with E-state index in [1.54, 1.807) is 0 Å². The van der Waals surface area contributed by atoms with Crippen LogP contribution in [0.15, 0.2) is 48.5 Å². The number of aryl methyl sites for hydroxylation is 1. The van der Waals surface area contributed by atoms with E-state index in [4.69, 9.17) is 0 Å². The molecule has 96 valence electrons. The molecular formula is C16H15PS2. The van der Waals surface area contributed by atoms with E-state index < -0.39 is 0 Å². The summed E-state index contributed by atoms with van der Waals surface area (Å²) in [5.74, 6) is 0. The molecule has 0 spiro atoms. The smallest absolute Gasteiger partial charge is 0.0345 e. The first-order chi connectivity index (χ1) is 9.26. The summed E-state index contributed by atoms with van der Waals surface area (Å²) >= 11 is 3.72. The van der Waals surface area contributed by atoms with Crippen molar-refractivity contribution in [1.29, 1.82) is 0 Å². The molecule has 3 rings (SSSR count). The van der Waals surface area contributed by atoms with Crippen LogP contribution in [0.4, 0.5) is 0 Å². The second-order valence-corrected chi connectivity index (χ2v) is 7.32. The van der Waals surface area contributed by atoms with Crippen LogP contribution in [0.3, 0.4) is 0 Å². The molecule has 1 atom stereocenters. The van der Waals surface area contributed by atoms with Gasteiger partial charge in [-0.05, 0) is 48.5 Å². The van der Waals surface area contributed by atoms with Crippen LogP contribution in [0.25, 0.3) is 20.9 Å². The molecule has 0 aliphatic heterocycles. The zero-order valence-corrected chi connectivity index (χ0v) is 13.5. The Labute approximate surface area is 124 Å². The predicted molar refractivity (Wildman–Crippen MR) is 91.2 cm³/mol. The Bertz CT molecular complexity index is 677. The van der Waals surface area contributed by atoms with E-state index in [2.05, 4.69) is 64.7 Å². The second-order valence-electron chi connectivity index (χ2n) is 4.46. The first kappa shape index (κ1) is 13.1. The van der Waals surface area contributed by atoms with Crippen molar-refractivity contribution in [3.63, 3.8) is 0 Å². The molecule has 1 aromatic carbocycles. The van der Waals surface area contributed by atoms with Gasteiger partial charge in [-0.3, -0.25) is 0 Å². The van der Waals surface area contributed by atoms with Crippen molar-refractivity contribution in [2.75, 3.05) is 0 Å². The predicted octanol–water partition coefficient (Wildman–Crippen LogP) is 5.83. The molecule has 0 nitrogen and oxygen atoms in total. The molecular weight excluding hydrogens is 287 g/mol. The Morgan fingerprint density at radius 3 is 1.84 bits per heavy atom. The third-order valence-corrected chi connectivity index (χ3v) is 6.00. The maximum Gasteiger partial charge on any atom is 0.0345 e. The molecule has 0 aliphatic carbocycles. The van der Waals surface area contributed by atoms with Crippen LogP contribution in [-0.4, -0.2) is 0 Å². The average Bonchev–Trinajstić information content (AvgIpc) is 3.07. The van der Waals surface area contributed by atoms with E-state index in [0.717, 1.165) is 6.16 Å². The van der Waals surface area contributed by atoms with Gasteiger partial charge in [-0.25, -0.2) is 0 Å². The van der Waals surface area contributed by atoms with Crippen LogP contribution in [0.2, 0.25) is 0 Å². The molecule has 0 amide bonds. The molecule has 0 fully saturated rings. The Kier molecular flexibility index (Phi) is 3.83. The molecule has 0 N–H and O–H groups in total. The first-order valence-corrected chi connectivity index (χ1v) is 8.67. The molecule has 19 heavy (non-hydrogen) atoms. The van der Waals surface area contributed by atoms with Gasteiger partial charge in [0.2, 0.25) is 0 Å². The van der Waals surface area contributed by atoms with Gasteiger partial charge < -0.3 is 0 Å². The summed E-state index contributed by atoms with van der Waals surface area (Å²) in [5, 5.41) is 0. The van der Waals surface area contributed by atoms with Crippen molar-refractivity contribution in [2.24, 2.45) is 0 Å². The van der Waals surface area contributed by atoms with E-state index in [0.29, 0.717) is 0 Å². The largest absolute Gasteiger partial charge is 0.141 e. The summed E-state index contributed by atoms with van der Waals surface area (Å²) in [7, 11) is 2.78. The highest BCUT2D eigenvalue weighted by Gasteiger charge is 2.04. The third-order valence-electron chi connectivity index (χ3n) is 3.06. The lowest BCUT2D eigenvalue weighted by molar-refractivity contribution is 1.56. The van der Waals surface area contributed by atoms with E-state index in [1.807, 2.05) is 22.7 Å². The van der Waals surface area contributed by atoms with Gasteiger partial charge in [0.05, 0.1) is 0 Å². The van der Waals surface area contributed by atoms with Crippen LogP contribution in [0.1, 0.15) is 9.75 Å². The molecule has 3 heteroatoms. The van der Waals surface area contributed by atoms with E-state index in [1.165, 1.54) is 30.6 Å². The number of thiophene rings is 2. The van der Waals surface area contributed by atoms with Gasteiger partial charge >= 0.3 is 0 Å². The van der Waals surface area contributed by atoms with Crippen molar-refractivity contribution in [3.8, 4) is 20.9 Å². The Balaban J connectivity index is 1.90. The average molecular weight is 302 g/mol. The van der Waals surface area contributed by atoms with E-state index in [-0.39, 0.29) is 0 Å². The van der Waals surface area contributed by atoms with Crippen LogP contribution in [0.5, 0.6) is 0 Å². The quantitative estimate of drug-likeness (QED) is 0.534. The maximum atomic E-state index is 2.78. The summed E-state index contributed by atoms with van der Waals surface area (Å²) in [6.07, 6.45) is 1.04. The molecule has 2 heterocycles. The number of hydrogen-bond acceptors (Lipinski definition) is 2. The number of rotatable bonds is 3. The van der Waals surface area contributed by atoms with Gasteiger partial charge in [-0.1, -0.05) is 24.3 Å². The lowest BCUT2D eigenvalue weighted by Gasteiger charge is -2.00. The molecule has 0 aliphatic rings. The van der Waals surface area contributed by atoms with Gasteiger partial charge in [-0.15, -0.1) is 31.9 Å². The van der Waals surface area contributed by atoms with E-state index in [9.17, 15) is 0 Å². The van der Waals surface area contributed by atoms with Gasteiger partial charge in [0, 0.05) is 19.5 Å². The third kappa shape index (κ3) is 2.81. The minimum Gasteiger partial charge on any atom is -0.141 e. The van der Waals surface area contributed by atoms with Crippen LogP contribution in [0, 0.1) is 6.92 Å². The maximum absolute atomic E-state index is 2.78. The minimum absolute atomic E-state index is 1.04. The first-order valence-electron chi connectivity index (χ1n) is 6.22. The Hall–Kier alpha value is -0.950. The normalized spacial score (nSPS) is 10.8. The Morgan fingerprint density at radius 1 is 0.789 bits per heavy atom. The number of hydrogen-bond donors (Lipinski definition) is 0. The van der Waals surface area contributed by atoms with E-state index >= 15 is 0 Å². The second kappa shape index (κ2) is 5.58. The fourth-order valence-electron chi connectivity index (χ4n) is 2.03. The highest BCUT2D eigenvalue weighted by atomic mass is 32.1. The van der Waals surface area contributed by atoms with Crippen molar-refractivity contribution < 1.29 is 0 Å². The standard InChI is InChI=1S/C16H15PS2/c1-11-2-8-15(18-11)12-3-5-13(6-4-12)16-9-7-14(10-17)19-16/h2-9H,10,17H2,1H3. The fraction of sp³-hybridized carbons (Fsp3) is 0.125. The topological polar surface area (TPSA) is 0 Å². The van der Waals surface area contributed by atoms with Crippen LogP contribution in [-0.2, 0) is 6.16 Å². The van der Waals surface area contributed by atoms with Crippen molar-refractivity contribution in [3.05, 3.63) is 58.3 Å². The molecule has 0 bridgehead atoms. The summed E-state index contributed by atoms with van der Waals surface area (Å²) in [6, 6.07) is 17.7. The van der Waals surface area contributed by atoms with Gasteiger partial charge in [0.15, 0.2) is 0 Å². The summed E-state index contributed by atoms with van der Waals surface area (Å²) in [4.78, 5) is 5.48. The number of benzene rings is 1. The zero-order chi connectivity index (χ0) is 13.2. The molecule has 2 aromatic heterocycles. The molecule has 0 radical (unpaired) electrons. The SMILES string of the molecule is Cc1ccc(-c2ccc(-c3ccc(CP)s3)cc2)s1. The lowest BCUT2D eigenvalue weighted by Crippen LogP contribution is -1.74. The van der Waals surface area contributed by atoms with Gasteiger partial charge in [0.1, 0.15) is 0 Å². The van der Waals surface area contributed by atoms with Crippen LogP contribution >= 0.6 is 31.9 Å². The van der Waals surface area contributed by atoms with Gasteiger partial charge in [0.25, 0.3) is 0 Å². The lowest BCUT2D eigenvalue weighted by atomic mass is 10.1. The van der Waals surface area contributed by atoms with Crippen LogP contribution < -0.4 is 0 Å². The molecule has 0 saturated carbocycles. The summed E-state index contributed by atoms with van der Waals surface area (Å²) in [5.41, 5.74) is 2.62. The minimum atomic E-state index is 1.04. The fourth-order valence-corrected chi connectivity index (χ4v) is 4.18. The molecule has 1 unspecified atom stereocenters. The molecule has 3 aromatic rings. The van der Waals surface area contributed by atoms with Crippen molar-refractivity contribution in [1.82, 2.24) is 0 Å². The monoisotopic (exact) mass is 302 g/mol. The Morgan fingerprint density at radius 2 is 1.37 bits per heavy atom. The zero-order valence-electron chi connectivity index (χ0n) is 10.7. The summed E-state index contributed by atoms with van der Waals surface area (Å²) < 4.78 is 0. The highest BCUT2D eigenvalue weighted by Crippen LogP contribution is 2.32. The summed E-state index contributed by atoms with van der Waals surface area (Å²) in [6.45, 7) is 2.15. The van der Waals surface area contributed by atoms with Gasteiger partial charge in [-0.2, -0.15) is 0 Å². The highest BCUT2D eigenvalue weighted by molar-refractivity contribution is 7.20. The molecule has 0 saturated heterocycles.